The van der Waals surface area contributed by atoms with E-state index in [2.05, 4.69) is 10.4 Å². The molecule has 104 valence electrons. The number of nitrogens with zero attached hydrogens (tertiary/aromatic N) is 2. The summed E-state index contributed by atoms with van der Waals surface area (Å²) in [7, 11) is 1.55. The van der Waals surface area contributed by atoms with Crippen LogP contribution < -0.4 is 20.3 Å². The van der Waals surface area contributed by atoms with Crippen molar-refractivity contribution in [2.45, 2.75) is 6.54 Å². The number of hydrogen-bond donors (Lipinski definition) is 1. The minimum Gasteiger partial charge on any atom is -0.454 e. The summed E-state index contributed by atoms with van der Waals surface area (Å²) in [6.45, 7) is 0.752. The summed E-state index contributed by atoms with van der Waals surface area (Å²) in [5.41, 5.74) is 1.17. The van der Waals surface area contributed by atoms with E-state index in [1.807, 2.05) is 18.2 Å². The third kappa shape index (κ3) is 2.30. The second kappa shape index (κ2) is 5.05. The van der Waals surface area contributed by atoms with Gasteiger partial charge in [0.05, 0.1) is 11.9 Å². The van der Waals surface area contributed by atoms with Crippen LogP contribution in [0.2, 0.25) is 5.02 Å². The molecule has 1 aliphatic heterocycles. The van der Waals surface area contributed by atoms with Crippen molar-refractivity contribution in [3.05, 3.63) is 45.3 Å². The Morgan fingerprint density at radius 1 is 1.40 bits per heavy atom. The number of hydrogen-bond acceptors (Lipinski definition) is 5. The van der Waals surface area contributed by atoms with Crippen molar-refractivity contribution in [1.82, 2.24) is 9.78 Å². The average molecular weight is 294 g/mol. The summed E-state index contributed by atoms with van der Waals surface area (Å²) in [6, 6.07) is 5.66. The molecule has 2 heterocycles. The first-order valence-corrected chi connectivity index (χ1v) is 6.37. The Kier molecular flexibility index (Phi) is 3.23. The number of rotatable bonds is 3. The van der Waals surface area contributed by atoms with Gasteiger partial charge in [0.2, 0.25) is 6.79 Å². The number of halogens is 1. The van der Waals surface area contributed by atoms with Gasteiger partial charge in [0.1, 0.15) is 5.02 Å². The molecule has 1 aromatic heterocycles. The van der Waals surface area contributed by atoms with Crippen LogP contribution in [-0.4, -0.2) is 16.6 Å². The standard InChI is InChI=1S/C13H12ClN3O3/c1-17-13(18)12(14)9(6-16-17)15-5-8-2-3-10-11(4-8)20-7-19-10/h2-4,6,15H,5,7H2,1H3. The van der Waals surface area contributed by atoms with Crippen LogP contribution in [-0.2, 0) is 13.6 Å². The summed E-state index contributed by atoms with van der Waals surface area (Å²) in [5.74, 6) is 1.46. The molecule has 1 aromatic carbocycles. The van der Waals surface area contributed by atoms with E-state index in [0.29, 0.717) is 12.2 Å². The highest BCUT2D eigenvalue weighted by Crippen LogP contribution is 2.32. The van der Waals surface area contributed by atoms with Gasteiger partial charge < -0.3 is 14.8 Å². The number of fused-ring (bicyclic) bond motifs is 1. The summed E-state index contributed by atoms with van der Waals surface area (Å²) >= 11 is 5.98. The summed E-state index contributed by atoms with van der Waals surface area (Å²) < 4.78 is 11.7. The maximum Gasteiger partial charge on any atom is 0.287 e. The van der Waals surface area contributed by atoms with Crippen LogP contribution in [0, 0.1) is 0 Å². The van der Waals surface area contributed by atoms with Crippen molar-refractivity contribution < 1.29 is 9.47 Å². The van der Waals surface area contributed by atoms with Gasteiger partial charge in [0, 0.05) is 13.6 Å². The smallest absolute Gasteiger partial charge is 0.287 e. The van der Waals surface area contributed by atoms with Crippen molar-refractivity contribution >= 4 is 17.3 Å². The maximum atomic E-state index is 11.6. The Hall–Kier alpha value is -2.21. The molecule has 0 spiro atoms. The molecule has 0 amide bonds. The first-order chi connectivity index (χ1) is 9.65. The zero-order valence-corrected chi connectivity index (χ0v) is 11.5. The van der Waals surface area contributed by atoms with Crippen molar-refractivity contribution in [2.75, 3.05) is 12.1 Å². The molecular weight excluding hydrogens is 282 g/mol. The summed E-state index contributed by atoms with van der Waals surface area (Å²) in [5, 5.41) is 7.13. The van der Waals surface area contributed by atoms with E-state index < -0.39 is 0 Å². The molecule has 1 aliphatic rings. The fourth-order valence-electron chi connectivity index (χ4n) is 1.88. The van der Waals surface area contributed by atoms with Gasteiger partial charge in [-0.2, -0.15) is 5.10 Å². The number of aromatic nitrogens is 2. The fraction of sp³-hybridized carbons (Fsp3) is 0.231. The lowest BCUT2D eigenvalue weighted by molar-refractivity contribution is 0.174. The van der Waals surface area contributed by atoms with E-state index >= 15 is 0 Å². The molecule has 0 atom stereocenters. The van der Waals surface area contributed by atoms with Crippen molar-refractivity contribution in [1.29, 1.82) is 0 Å². The Labute approximate surface area is 119 Å². The highest BCUT2D eigenvalue weighted by molar-refractivity contribution is 6.32. The molecule has 2 aromatic rings. The molecule has 3 rings (SSSR count). The molecule has 0 bridgehead atoms. The normalized spacial score (nSPS) is 12.5. The van der Waals surface area contributed by atoms with E-state index in [0.717, 1.165) is 17.1 Å². The third-order valence-electron chi connectivity index (χ3n) is 3.00. The van der Waals surface area contributed by atoms with E-state index in [-0.39, 0.29) is 17.4 Å². The van der Waals surface area contributed by atoms with Crippen LogP contribution in [0.1, 0.15) is 5.56 Å². The minimum absolute atomic E-state index is 0.128. The molecule has 0 saturated heterocycles. The maximum absolute atomic E-state index is 11.6. The summed E-state index contributed by atoms with van der Waals surface area (Å²) in [6.07, 6.45) is 1.52. The van der Waals surface area contributed by atoms with E-state index in [9.17, 15) is 4.79 Å². The second-order valence-electron chi connectivity index (χ2n) is 4.34. The SMILES string of the molecule is Cn1ncc(NCc2ccc3c(c2)OCO3)c(Cl)c1=O. The largest absolute Gasteiger partial charge is 0.454 e. The zero-order chi connectivity index (χ0) is 14.1. The molecule has 0 aliphatic carbocycles. The number of anilines is 1. The molecule has 0 unspecified atom stereocenters. The number of nitrogens with one attached hydrogen (secondary N) is 1. The van der Waals surface area contributed by atoms with Crippen LogP contribution >= 0.6 is 11.6 Å². The Balaban J connectivity index is 1.77. The lowest BCUT2D eigenvalue weighted by atomic mass is 10.2. The number of aryl methyl sites for hydroxylation is 1. The van der Waals surface area contributed by atoms with Crippen LogP contribution in [0.4, 0.5) is 5.69 Å². The molecule has 1 N–H and O–H groups in total. The highest BCUT2D eigenvalue weighted by atomic mass is 35.5. The molecular formula is C13H12ClN3O3. The van der Waals surface area contributed by atoms with Gasteiger partial charge in [-0.25, -0.2) is 4.68 Å². The predicted octanol–water partition coefficient (Wildman–Crippen LogP) is 1.77. The van der Waals surface area contributed by atoms with Gasteiger partial charge in [-0.1, -0.05) is 17.7 Å². The molecule has 7 heteroatoms. The van der Waals surface area contributed by atoms with Crippen molar-refractivity contribution in [2.24, 2.45) is 7.05 Å². The van der Waals surface area contributed by atoms with Gasteiger partial charge in [0.15, 0.2) is 11.5 Å². The van der Waals surface area contributed by atoms with Crippen LogP contribution in [0.3, 0.4) is 0 Å². The van der Waals surface area contributed by atoms with E-state index in [4.69, 9.17) is 21.1 Å². The van der Waals surface area contributed by atoms with Crippen molar-refractivity contribution in [3.63, 3.8) is 0 Å². The topological polar surface area (TPSA) is 65.4 Å². The highest BCUT2D eigenvalue weighted by Gasteiger charge is 2.13. The van der Waals surface area contributed by atoms with E-state index in [1.165, 1.54) is 10.9 Å². The lowest BCUT2D eigenvalue weighted by Gasteiger charge is -2.09. The minimum atomic E-state index is -0.331. The van der Waals surface area contributed by atoms with Crippen molar-refractivity contribution in [3.8, 4) is 11.5 Å². The van der Waals surface area contributed by atoms with Gasteiger partial charge in [-0.3, -0.25) is 4.79 Å². The molecule has 0 fully saturated rings. The fourth-order valence-corrected chi connectivity index (χ4v) is 2.12. The monoisotopic (exact) mass is 293 g/mol. The molecule has 20 heavy (non-hydrogen) atoms. The predicted molar refractivity (Wildman–Crippen MR) is 74.4 cm³/mol. The van der Waals surface area contributed by atoms with Crippen LogP contribution in [0.15, 0.2) is 29.2 Å². The van der Waals surface area contributed by atoms with Crippen LogP contribution in [0.25, 0.3) is 0 Å². The number of benzene rings is 1. The van der Waals surface area contributed by atoms with Gasteiger partial charge in [-0.05, 0) is 17.7 Å². The van der Waals surface area contributed by atoms with Gasteiger partial charge in [0.25, 0.3) is 5.56 Å². The molecule has 0 radical (unpaired) electrons. The summed E-state index contributed by atoms with van der Waals surface area (Å²) in [4.78, 5) is 11.6. The molecule has 0 saturated carbocycles. The quantitative estimate of drug-likeness (QED) is 0.934. The first kappa shape index (κ1) is 12.8. The number of ether oxygens (including phenoxy) is 2. The molecule has 6 nitrogen and oxygen atoms in total. The Morgan fingerprint density at radius 2 is 2.20 bits per heavy atom. The van der Waals surface area contributed by atoms with Gasteiger partial charge >= 0.3 is 0 Å². The Morgan fingerprint density at radius 3 is 3.05 bits per heavy atom. The average Bonchev–Trinajstić information content (AvgIpc) is 2.91. The Bertz CT molecular complexity index is 714. The zero-order valence-electron chi connectivity index (χ0n) is 10.7. The van der Waals surface area contributed by atoms with Crippen LogP contribution in [0.5, 0.6) is 11.5 Å². The lowest BCUT2D eigenvalue weighted by Crippen LogP contribution is -2.21. The first-order valence-electron chi connectivity index (χ1n) is 5.99. The third-order valence-corrected chi connectivity index (χ3v) is 3.36. The van der Waals surface area contributed by atoms with E-state index in [1.54, 1.807) is 7.05 Å². The van der Waals surface area contributed by atoms with Gasteiger partial charge in [-0.15, -0.1) is 0 Å². The second-order valence-corrected chi connectivity index (χ2v) is 4.72.